The minimum Gasteiger partial charge on any atom is -0.400 e. The summed E-state index contributed by atoms with van der Waals surface area (Å²) in [6, 6.07) is 19.1. The number of aryl methyl sites for hydroxylation is 1. The number of rotatable bonds is 7. The van der Waals surface area contributed by atoms with Crippen molar-refractivity contribution in [1.29, 1.82) is 0 Å². The Kier molecular flexibility index (Phi) is 6.16. The highest BCUT2D eigenvalue weighted by molar-refractivity contribution is 7.93. The van der Waals surface area contributed by atoms with Gasteiger partial charge in [-0.3, -0.25) is 0 Å². The average Bonchev–Trinajstić information content (AvgIpc) is 3.28. The SMILES string of the molecule is CC1(C)OB(C2=CCCC2(CCCc2ccccc2)S(=O)(=O)c2ccccc2)OC1(C)C. The van der Waals surface area contributed by atoms with Gasteiger partial charge in [0.05, 0.1) is 20.8 Å². The van der Waals surface area contributed by atoms with E-state index >= 15 is 0 Å². The standard InChI is InChI=1S/C26H33BO4S/c1-24(2)25(3,4)31-27(30-24)23-18-12-20-26(23,19-11-15-21-13-7-5-8-14-21)32(28,29)22-16-9-6-10-17-22/h5-10,13-14,16-18H,11-12,15,19-20H2,1-4H3. The Bertz CT molecular complexity index is 1060. The quantitative estimate of drug-likeness (QED) is 0.515. The van der Waals surface area contributed by atoms with Gasteiger partial charge >= 0.3 is 7.12 Å². The van der Waals surface area contributed by atoms with Crippen molar-refractivity contribution in [3.05, 3.63) is 77.8 Å². The van der Waals surface area contributed by atoms with Crippen LogP contribution in [0.5, 0.6) is 0 Å². The molecule has 170 valence electrons. The van der Waals surface area contributed by atoms with Gasteiger partial charge in [-0.2, -0.15) is 0 Å². The Labute approximate surface area is 193 Å². The van der Waals surface area contributed by atoms with E-state index < -0.39 is 32.9 Å². The van der Waals surface area contributed by atoms with E-state index in [1.54, 1.807) is 24.3 Å². The molecule has 1 aliphatic carbocycles. The van der Waals surface area contributed by atoms with Gasteiger partial charge in [0.15, 0.2) is 9.84 Å². The molecule has 1 heterocycles. The van der Waals surface area contributed by atoms with E-state index in [9.17, 15) is 8.42 Å². The van der Waals surface area contributed by atoms with Crippen LogP contribution in [0.3, 0.4) is 0 Å². The first-order valence-corrected chi connectivity index (χ1v) is 13.0. The van der Waals surface area contributed by atoms with Crippen LogP contribution in [0.15, 0.2) is 77.1 Å². The zero-order valence-electron chi connectivity index (χ0n) is 19.5. The third-order valence-electron chi connectivity index (χ3n) is 7.40. The summed E-state index contributed by atoms with van der Waals surface area (Å²) in [5.74, 6) is 0. The van der Waals surface area contributed by atoms with Crippen LogP contribution < -0.4 is 0 Å². The Hall–Kier alpha value is -1.89. The Morgan fingerprint density at radius 1 is 0.875 bits per heavy atom. The van der Waals surface area contributed by atoms with Crippen LogP contribution in [0.2, 0.25) is 0 Å². The summed E-state index contributed by atoms with van der Waals surface area (Å²) in [5.41, 5.74) is 0.952. The Morgan fingerprint density at radius 2 is 1.44 bits per heavy atom. The van der Waals surface area contributed by atoms with Crippen molar-refractivity contribution in [2.75, 3.05) is 0 Å². The van der Waals surface area contributed by atoms with Crippen LogP contribution in [-0.2, 0) is 25.6 Å². The third kappa shape index (κ3) is 3.97. The van der Waals surface area contributed by atoms with Gasteiger partial charge in [0.25, 0.3) is 0 Å². The largest absolute Gasteiger partial charge is 0.491 e. The summed E-state index contributed by atoms with van der Waals surface area (Å²) in [6.07, 6.45) is 5.45. The molecule has 1 fully saturated rings. The topological polar surface area (TPSA) is 52.6 Å². The molecule has 4 rings (SSSR count). The molecule has 0 saturated carbocycles. The lowest BCUT2D eigenvalue weighted by Gasteiger charge is -2.33. The molecule has 4 nitrogen and oxygen atoms in total. The molecule has 0 amide bonds. The maximum Gasteiger partial charge on any atom is 0.491 e. The van der Waals surface area contributed by atoms with Gasteiger partial charge in [0.2, 0.25) is 0 Å². The van der Waals surface area contributed by atoms with Gasteiger partial charge in [0.1, 0.15) is 0 Å². The minimum atomic E-state index is -3.64. The van der Waals surface area contributed by atoms with Crippen molar-refractivity contribution in [3.63, 3.8) is 0 Å². The van der Waals surface area contributed by atoms with Crippen LogP contribution in [0.4, 0.5) is 0 Å². The summed E-state index contributed by atoms with van der Waals surface area (Å²) in [5, 5.41) is 0. The summed E-state index contributed by atoms with van der Waals surface area (Å²) < 4.78 is 39.9. The second kappa shape index (κ2) is 8.47. The van der Waals surface area contributed by atoms with Crippen molar-refractivity contribution < 1.29 is 17.7 Å². The van der Waals surface area contributed by atoms with Crippen molar-refractivity contribution in [2.45, 2.75) is 80.6 Å². The molecule has 1 unspecified atom stereocenters. The summed E-state index contributed by atoms with van der Waals surface area (Å²) >= 11 is 0. The molecule has 2 aliphatic rings. The second-order valence-electron chi connectivity index (χ2n) is 9.94. The number of allylic oxidation sites excluding steroid dienone is 1. The van der Waals surface area contributed by atoms with Crippen LogP contribution in [-0.4, -0.2) is 31.5 Å². The molecular weight excluding hydrogens is 419 g/mol. The van der Waals surface area contributed by atoms with E-state index in [1.165, 1.54) is 5.56 Å². The van der Waals surface area contributed by atoms with Gasteiger partial charge in [-0.15, -0.1) is 0 Å². The van der Waals surface area contributed by atoms with E-state index in [-0.39, 0.29) is 0 Å². The highest BCUT2D eigenvalue weighted by Crippen LogP contribution is 2.49. The molecule has 2 aromatic rings. The van der Waals surface area contributed by atoms with Gasteiger partial charge < -0.3 is 9.31 Å². The normalized spacial score (nSPS) is 24.5. The lowest BCUT2D eigenvalue weighted by molar-refractivity contribution is 0.00578. The molecule has 0 aromatic heterocycles. The van der Waals surface area contributed by atoms with Crippen molar-refractivity contribution in [2.24, 2.45) is 0 Å². The van der Waals surface area contributed by atoms with E-state index in [2.05, 4.69) is 12.1 Å². The first-order valence-electron chi connectivity index (χ1n) is 11.5. The van der Waals surface area contributed by atoms with E-state index in [4.69, 9.17) is 9.31 Å². The molecule has 32 heavy (non-hydrogen) atoms. The molecule has 1 aliphatic heterocycles. The molecule has 1 atom stereocenters. The highest BCUT2D eigenvalue weighted by Gasteiger charge is 2.60. The smallest absolute Gasteiger partial charge is 0.400 e. The predicted molar refractivity (Wildman–Crippen MR) is 129 cm³/mol. The van der Waals surface area contributed by atoms with Crippen LogP contribution in [0, 0.1) is 0 Å². The minimum absolute atomic E-state index is 0.365. The Morgan fingerprint density at radius 3 is 2.03 bits per heavy atom. The van der Waals surface area contributed by atoms with Crippen molar-refractivity contribution in [3.8, 4) is 0 Å². The van der Waals surface area contributed by atoms with Gasteiger partial charge in [-0.25, -0.2) is 8.42 Å². The first kappa shape index (κ1) is 23.3. The lowest BCUT2D eigenvalue weighted by atomic mass is 9.70. The maximum atomic E-state index is 14.1. The van der Waals surface area contributed by atoms with Crippen LogP contribution in [0.25, 0.3) is 0 Å². The summed E-state index contributed by atoms with van der Waals surface area (Å²) in [7, 11) is -4.30. The Balaban J connectivity index is 1.70. The second-order valence-corrected chi connectivity index (χ2v) is 12.2. The summed E-state index contributed by atoms with van der Waals surface area (Å²) in [6.45, 7) is 8.02. The molecule has 2 aromatic carbocycles. The van der Waals surface area contributed by atoms with Crippen LogP contribution >= 0.6 is 0 Å². The maximum absolute atomic E-state index is 14.1. The van der Waals surface area contributed by atoms with Gasteiger partial charge in [0, 0.05) is 0 Å². The van der Waals surface area contributed by atoms with E-state index in [1.807, 2.05) is 58.0 Å². The average molecular weight is 452 g/mol. The van der Waals surface area contributed by atoms with Gasteiger partial charge in [-0.05, 0) is 83.0 Å². The monoisotopic (exact) mass is 452 g/mol. The lowest BCUT2D eigenvalue weighted by Crippen LogP contribution is -2.45. The molecule has 1 saturated heterocycles. The fourth-order valence-electron chi connectivity index (χ4n) is 4.81. The molecule has 0 radical (unpaired) electrons. The van der Waals surface area contributed by atoms with E-state index in [0.717, 1.165) is 18.3 Å². The molecule has 6 heteroatoms. The highest BCUT2D eigenvalue weighted by atomic mass is 32.2. The van der Waals surface area contributed by atoms with E-state index in [0.29, 0.717) is 24.2 Å². The molecule has 0 spiro atoms. The van der Waals surface area contributed by atoms with Crippen LogP contribution in [0.1, 0.15) is 58.9 Å². The zero-order chi connectivity index (χ0) is 23.0. The van der Waals surface area contributed by atoms with Crippen molar-refractivity contribution >= 4 is 17.0 Å². The third-order valence-corrected chi connectivity index (χ3v) is 9.97. The van der Waals surface area contributed by atoms with Gasteiger partial charge in [-0.1, -0.05) is 54.6 Å². The predicted octanol–water partition coefficient (Wildman–Crippen LogP) is 5.57. The number of sulfone groups is 1. The molecule has 0 bridgehead atoms. The molecular formula is C26H33BO4S. The number of benzene rings is 2. The van der Waals surface area contributed by atoms with Crippen molar-refractivity contribution in [1.82, 2.24) is 0 Å². The zero-order valence-corrected chi connectivity index (χ0v) is 20.3. The fraction of sp³-hybridized carbons (Fsp3) is 0.462. The number of hydrogen-bond acceptors (Lipinski definition) is 4. The molecule has 0 N–H and O–H groups in total. The fourth-order valence-corrected chi connectivity index (χ4v) is 7.07. The summed E-state index contributed by atoms with van der Waals surface area (Å²) in [4.78, 5) is 0.365. The first-order chi connectivity index (χ1) is 15.1. The number of hydrogen-bond donors (Lipinski definition) is 0.